The maximum Gasteiger partial charge on any atom is 0.223 e. The van der Waals surface area contributed by atoms with E-state index in [9.17, 15) is 4.79 Å². The molecular formula is C18H26ClNO. The second-order valence-electron chi connectivity index (χ2n) is 5.98. The van der Waals surface area contributed by atoms with Gasteiger partial charge in [-0.25, -0.2) is 0 Å². The number of rotatable bonds is 8. The van der Waals surface area contributed by atoms with Crippen molar-refractivity contribution in [3.63, 3.8) is 0 Å². The maximum atomic E-state index is 11.7. The van der Waals surface area contributed by atoms with Crippen LogP contribution in [-0.4, -0.2) is 18.3 Å². The number of para-hydroxylation sites is 1. The van der Waals surface area contributed by atoms with Crippen molar-refractivity contribution < 1.29 is 4.79 Å². The molecule has 0 N–H and O–H groups in total. The summed E-state index contributed by atoms with van der Waals surface area (Å²) < 4.78 is 0. The highest BCUT2D eigenvalue weighted by Gasteiger charge is 2.29. The van der Waals surface area contributed by atoms with Gasteiger partial charge in [-0.15, -0.1) is 11.6 Å². The normalized spacial score (nSPS) is 17.0. The Morgan fingerprint density at radius 2 is 1.81 bits per heavy atom. The van der Waals surface area contributed by atoms with Gasteiger partial charge in [0.05, 0.1) is 0 Å². The Balaban J connectivity index is 1.78. The molecule has 0 saturated carbocycles. The maximum absolute atomic E-state index is 11.7. The molecule has 0 aliphatic carbocycles. The molecular weight excluding hydrogens is 282 g/mol. The number of anilines is 1. The number of carbonyl (C=O) groups excluding carboxylic acids is 1. The van der Waals surface area contributed by atoms with E-state index in [1.807, 2.05) is 11.0 Å². The molecule has 1 unspecified atom stereocenters. The largest absolute Gasteiger partial charge is 0.312 e. The second kappa shape index (κ2) is 8.43. The smallest absolute Gasteiger partial charge is 0.223 e. The molecule has 21 heavy (non-hydrogen) atoms. The lowest BCUT2D eigenvalue weighted by Crippen LogP contribution is -2.26. The summed E-state index contributed by atoms with van der Waals surface area (Å²) in [6.07, 6.45) is 8.75. The Labute approximate surface area is 133 Å². The van der Waals surface area contributed by atoms with E-state index >= 15 is 0 Å². The molecule has 0 saturated heterocycles. The Morgan fingerprint density at radius 1 is 1.14 bits per heavy atom. The fraction of sp³-hybridized carbons (Fsp3) is 0.611. The Bertz CT molecular complexity index is 460. The molecule has 2 nitrogen and oxygen atoms in total. The van der Waals surface area contributed by atoms with Crippen molar-refractivity contribution >= 4 is 23.2 Å². The van der Waals surface area contributed by atoms with E-state index in [-0.39, 0.29) is 5.91 Å². The summed E-state index contributed by atoms with van der Waals surface area (Å²) in [4.78, 5) is 13.7. The molecule has 0 spiro atoms. The van der Waals surface area contributed by atoms with Gasteiger partial charge in [-0.3, -0.25) is 4.79 Å². The molecule has 0 radical (unpaired) electrons. The van der Waals surface area contributed by atoms with Crippen molar-refractivity contribution in [2.75, 3.05) is 17.3 Å². The van der Waals surface area contributed by atoms with Gasteiger partial charge < -0.3 is 4.90 Å². The summed E-state index contributed by atoms with van der Waals surface area (Å²) in [5, 5.41) is 0. The zero-order chi connectivity index (χ0) is 15.1. The minimum absolute atomic E-state index is 0.158. The fourth-order valence-corrected chi connectivity index (χ4v) is 3.42. The topological polar surface area (TPSA) is 20.3 Å². The lowest BCUT2D eigenvalue weighted by Gasteiger charge is -2.15. The number of hydrogen-bond acceptors (Lipinski definition) is 1. The summed E-state index contributed by atoms with van der Waals surface area (Å²) in [6, 6.07) is 8.36. The molecule has 1 heterocycles. The number of fused-ring (bicyclic) bond motifs is 1. The first kappa shape index (κ1) is 16.4. The lowest BCUT2D eigenvalue weighted by atomic mass is 9.95. The van der Waals surface area contributed by atoms with Crippen LogP contribution in [0.1, 0.15) is 63.4 Å². The van der Waals surface area contributed by atoms with Gasteiger partial charge in [0.25, 0.3) is 0 Å². The highest BCUT2D eigenvalue weighted by Crippen LogP contribution is 2.38. The van der Waals surface area contributed by atoms with E-state index in [4.69, 9.17) is 11.6 Å². The van der Waals surface area contributed by atoms with Crippen LogP contribution in [0.15, 0.2) is 24.3 Å². The van der Waals surface area contributed by atoms with Crippen molar-refractivity contribution in [3.05, 3.63) is 29.8 Å². The van der Waals surface area contributed by atoms with Crippen LogP contribution < -0.4 is 4.90 Å². The molecule has 0 aromatic heterocycles. The van der Waals surface area contributed by atoms with Crippen LogP contribution in [0.25, 0.3) is 0 Å². The van der Waals surface area contributed by atoms with E-state index < -0.39 is 0 Å². The predicted octanol–water partition coefficient (Wildman–Crippen LogP) is 5.11. The molecule has 1 aromatic rings. The molecule has 1 atom stereocenters. The molecule has 116 valence electrons. The zero-order valence-corrected chi connectivity index (χ0v) is 13.7. The average Bonchev–Trinajstić information content (AvgIpc) is 2.86. The van der Waals surface area contributed by atoms with Gasteiger partial charge in [-0.2, -0.15) is 0 Å². The molecule has 2 rings (SSSR count). The summed E-state index contributed by atoms with van der Waals surface area (Å²) in [5.41, 5.74) is 2.48. The summed E-state index contributed by atoms with van der Waals surface area (Å²) in [5.74, 6) is 1.47. The van der Waals surface area contributed by atoms with Gasteiger partial charge in [-0.1, -0.05) is 50.3 Å². The molecule has 0 bridgehead atoms. The van der Waals surface area contributed by atoms with E-state index in [0.29, 0.717) is 5.92 Å². The van der Waals surface area contributed by atoms with Crippen molar-refractivity contribution in [1.82, 2.24) is 0 Å². The number of unbranched alkanes of at least 4 members (excludes halogenated alkanes) is 5. The van der Waals surface area contributed by atoms with Crippen LogP contribution in [-0.2, 0) is 4.79 Å². The Morgan fingerprint density at radius 3 is 2.52 bits per heavy atom. The van der Waals surface area contributed by atoms with Gasteiger partial charge in [0.15, 0.2) is 0 Å². The molecule has 3 heteroatoms. The second-order valence-corrected chi connectivity index (χ2v) is 6.36. The van der Waals surface area contributed by atoms with Gasteiger partial charge in [0.2, 0.25) is 5.91 Å². The minimum Gasteiger partial charge on any atom is -0.312 e. The van der Waals surface area contributed by atoms with Crippen molar-refractivity contribution in [2.24, 2.45) is 0 Å². The number of halogens is 1. The van der Waals surface area contributed by atoms with Crippen molar-refractivity contribution in [3.8, 4) is 0 Å². The number of benzene rings is 1. The van der Waals surface area contributed by atoms with Crippen molar-refractivity contribution in [1.29, 1.82) is 0 Å². The van der Waals surface area contributed by atoms with Crippen LogP contribution in [0, 0.1) is 0 Å². The minimum atomic E-state index is 0.158. The molecule has 1 aromatic carbocycles. The predicted molar refractivity (Wildman–Crippen MR) is 90.2 cm³/mol. The summed E-state index contributed by atoms with van der Waals surface area (Å²) >= 11 is 5.68. The number of nitrogens with zero attached hydrogens (tertiary/aromatic N) is 1. The number of alkyl halides is 1. The number of carbonyl (C=O) groups is 1. The first-order chi connectivity index (χ1) is 10.2. The first-order valence-corrected chi connectivity index (χ1v) is 8.70. The van der Waals surface area contributed by atoms with Gasteiger partial charge >= 0.3 is 0 Å². The molecule has 1 aliphatic rings. The van der Waals surface area contributed by atoms with Gasteiger partial charge in [0, 0.05) is 31.0 Å². The van der Waals surface area contributed by atoms with E-state index in [0.717, 1.165) is 24.5 Å². The van der Waals surface area contributed by atoms with Gasteiger partial charge in [0.1, 0.15) is 0 Å². The van der Waals surface area contributed by atoms with E-state index in [1.165, 1.54) is 44.1 Å². The molecule has 0 fully saturated rings. The number of amides is 1. The third-order valence-electron chi connectivity index (χ3n) is 4.39. The molecule has 1 amide bonds. The zero-order valence-electron chi connectivity index (χ0n) is 13.0. The highest BCUT2D eigenvalue weighted by atomic mass is 35.5. The number of hydrogen-bond donors (Lipinski definition) is 0. The molecule has 1 aliphatic heterocycles. The van der Waals surface area contributed by atoms with Crippen LogP contribution >= 0.6 is 11.6 Å². The Kier molecular flexibility index (Phi) is 6.56. The van der Waals surface area contributed by atoms with Crippen LogP contribution in [0.4, 0.5) is 5.69 Å². The monoisotopic (exact) mass is 307 g/mol. The Hall–Kier alpha value is -1.02. The van der Waals surface area contributed by atoms with E-state index in [2.05, 4.69) is 18.2 Å². The van der Waals surface area contributed by atoms with Crippen LogP contribution in [0.2, 0.25) is 0 Å². The fourth-order valence-electron chi connectivity index (χ4n) is 3.23. The standard InChI is InChI=1S/C18H26ClNO/c1-15(21)20-14-16(17-11-7-8-12-18(17)20)10-6-4-2-3-5-9-13-19/h7-8,11-12,16H,2-6,9-10,13-14H2,1H3. The van der Waals surface area contributed by atoms with Crippen molar-refractivity contribution in [2.45, 2.75) is 57.8 Å². The third-order valence-corrected chi connectivity index (χ3v) is 4.65. The van der Waals surface area contributed by atoms with Crippen LogP contribution in [0.5, 0.6) is 0 Å². The average molecular weight is 308 g/mol. The lowest BCUT2D eigenvalue weighted by molar-refractivity contribution is -0.116. The summed E-state index contributed by atoms with van der Waals surface area (Å²) in [6.45, 7) is 2.52. The first-order valence-electron chi connectivity index (χ1n) is 8.17. The SMILES string of the molecule is CC(=O)N1CC(CCCCCCCCCl)c2ccccc21. The van der Waals surface area contributed by atoms with Gasteiger partial charge in [-0.05, 0) is 24.5 Å². The third kappa shape index (κ3) is 4.47. The van der Waals surface area contributed by atoms with E-state index in [1.54, 1.807) is 6.92 Å². The summed E-state index contributed by atoms with van der Waals surface area (Å²) in [7, 11) is 0. The van der Waals surface area contributed by atoms with Crippen LogP contribution in [0.3, 0.4) is 0 Å². The highest BCUT2D eigenvalue weighted by molar-refractivity contribution is 6.17. The quantitative estimate of drug-likeness (QED) is 0.483.